The van der Waals surface area contributed by atoms with E-state index in [2.05, 4.69) is 10.3 Å². The minimum atomic E-state index is -4.15. The second kappa shape index (κ2) is 5.56. The van der Waals surface area contributed by atoms with Gasteiger partial charge in [-0.1, -0.05) is 0 Å². The van der Waals surface area contributed by atoms with Crippen LogP contribution in [-0.4, -0.2) is 19.3 Å². The van der Waals surface area contributed by atoms with Crippen LogP contribution in [0.3, 0.4) is 0 Å². The van der Waals surface area contributed by atoms with Gasteiger partial charge in [0.1, 0.15) is 10.7 Å². The Kier molecular flexibility index (Phi) is 4.01. The number of carbonyl (C=O) groups is 1. The van der Waals surface area contributed by atoms with Gasteiger partial charge in [-0.3, -0.25) is 9.78 Å². The van der Waals surface area contributed by atoms with Gasteiger partial charge >= 0.3 is 0 Å². The Morgan fingerprint density at radius 1 is 1.20 bits per heavy atom. The van der Waals surface area contributed by atoms with Crippen molar-refractivity contribution in [2.45, 2.75) is 4.90 Å². The first-order chi connectivity index (χ1) is 9.38. The monoisotopic (exact) mass is 314 g/mol. The maximum atomic E-state index is 13.6. The highest BCUT2D eigenvalue weighted by Gasteiger charge is 2.16. The fourth-order valence-corrected chi connectivity index (χ4v) is 2.38. The van der Waals surface area contributed by atoms with Gasteiger partial charge in [0, 0.05) is 34.3 Å². The number of anilines is 1. The van der Waals surface area contributed by atoms with E-state index >= 15 is 0 Å². The molecular weight excluding hydrogens is 307 g/mol. The zero-order valence-corrected chi connectivity index (χ0v) is 11.5. The molecule has 2 rings (SSSR count). The van der Waals surface area contributed by atoms with E-state index in [1.165, 1.54) is 30.6 Å². The molecule has 1 aromatic heterocycles. The van der Waals surface area contributed by atoms with Crippen molar-refractivity contribution < 1.29 is 17.6 Å². The maximum absolute atomic E-state index is 13.6. The molecule has 0 saturated carbocycles. The minimum Gasteiger partial charge on any atom is -0.322 e. The fraction of sp³-hybridized carbons (Fsp3) is 0. The van der Waals surface area contributed by atoms with Crippen molar-refractivity contribution in [1.82, 2.24) is 4.98 Å². The number of amides is 1. The van der Waals surface area contributed by atoms with Crippen LogP contribution in [-0.2, 0) is 9.05 Å². The highest BCUT2D eigenvalue weighted by molar-refractivity contribution is 8.13. The Hall–Kier alpha value is -1.99. The van der Waals surface area contributed by atoms with Crippen molar-refractivity contribution in [3.05, 3.63) is 54.1 Å². The number of rotatable bonds is 3. The zero-order valence-electron chi connectivity index (χ0n) is 9.88. The van der Waals surface area contributed by atoms with Gasteiger partial charge in [-0.15, -0.1) is 0 Å². The molecular formula is C12H8ClFN2O3S. The number of nitrogens with zero attached hydrogens (tertiary/aromatic N) is 1. The first-order valence-electron chi connectivity index (χ1n) is 5.33. The third kappa shape index (κ3) is 3.31. The molecule has 0 spiro atoms. The molecule has 0 fully saturated rings. The molecule has 1 aromatic carbocycles. The van der Waals surface area contributed by atoms with Gasteiger partial charge in [0.15, 0.2) is 0 Å². The smallest absolute Gasteiger partial charge is 0.264 e. The quantitative estimate of drug-likeness (QED) is 0.883. The predicted octanol–water partition coefficient (Wildman–Crippen LogP) is 2.40. The molecule has 0 saturated heterocycles. The molecule has 1 N–H and O–H groups in total. The molecule has 0 aliphatic rings. The van der Waals surface area contributed by atoms with Crippen LogP contribution in [0.5, 0.6) is 0 Å². The Balaban J connectivity index is 2.24. The number of pyridine rings is 1. The summed E-state index contributed by atoms with van der Waals surface area (Å²) in [6.45, 7) is 0. The van der Waals surface area contributed by atoms with Crippen molar-refractivity contribution in [1.29, 1.82) is 0 Å². The topological polar surface area (TPSA) is 76.1 Å². The Morgan fingerprint density at radius 2 is 1.85 bits per heavy atom. The van der Waals surface area contributed by atoms with E-state index in [4.69, 9.17) is 10.7 Å². The van der Waals surface area contributed by atoms with Crippen LogP contribution < -0.4 is 5.32 Å². The predicted molar refractivity (Wildman–Crippen MR) is 71.6 cm³/mol. The largest absolute Gasteiger partial charge is 0.322 e. The fourth-order valence-electron chi connectivity index (χ4n) is 1.48. The van der Waals surface area contributed by atoms with Gasteiger partial charge in [-0.2, -0.15) is 0 Å². The number of benzene rings is 1. The van der Waals surface area contributed by atoms with Crippen LogP contribution >= 0.6 is 10.7 Å². The van der Waals surface area contributed by atoms with Crippen molar-refractivity contribution in [3.63, 3.8) is 0 Å². The van der Waals surface area contributed by atoms with Crippen LogP contribution in [0.4, 0.5) is 10.1 Å². The van der Waals surface area contributed by atoms with Crippen LogP contribution in [0.25, 0.3) is 0 Å². The van der Waals surface area contributed by atoms with Crippen LogP contribution in [0, 0.1) is 5.82 Å². The van der Waals surface area contributed by atoms with Crippen LogP contribution in [0.2, 0.25) is 0 Å². The molecule has 8 heteroatoms. The molecule has 1 heterocycles. The van der Waals surface area contributed by atoms with Crippen LogP contribution in [0.15, 0.2) is 47.6 Å². The molecule has 0 atom stereocenters. The molecule has 5 nitrogen and oxygen atoms in total. The summed E-state index contributed by atoms with van der Waals surface area (Å²) in [7, 11) is 0.901. The Morgan fingerprint density at radius 3 is 2.40 bits per heavy atom. The summed E-state index contributed by atoms with van der Waals surface area (Å²) in [6, 6.07) is 6.10. The third-order valence-corrected chi connectivity index (χ3v) is 3.75. The second-order valence-corrected chi connectivity index (χ2v) is 6.31. The lowest BCUT2D eigenvalue weighted by Gasteiger charge is -2.06. The lowest BCUT2D eigenvalue weighted by molar-refractivity contribution is 0.102. The maximum Gasteiger partial charge on any atom is 0.264 e. The molecule has 0 aliphatic carbocycles. The highest BCUT2D eigenvalue weighted by Crippen LogP contribution is 2.22. The average molecular weight is 315 g/mol. The van der Waals surface area contributed by atoms with E-state index in [1.54, 1.807) is 0 Å². The minimum absolute atomic E-state index is 0.119. The van der Waals surface area contributed by atoms with E-state index in [0.717, 1.165) is 12.1 Å². The standard InChI is InChI=1S/C12H8ClFN2O3S/c13-20(18,19)11-2-1-9(7-10(11)14)16-12(17)8-3-5-15-6-4-8/h1-7H,(H,16,17). The van der Waals surface area contributed by atoms with E-state index < -0.39 is 25.7 Å². The van der Waals surface area contributed by atoms with Crippen molar-refractivity contribution >= 4 is 31.3 Å². The highest BCUT2D eigenvalue weighted by atomic mass is 35.7. The SMILES string of the molecule is O=C(Nc1ccc(S(=O)(=O)Cl)c(F)c1)c1ccncc1. The van der Waals surface area contributed by atoms with Gasteiger partial charge in [-0.05, 0) is 30.3 Å². The lowest BCUT2D eigenvalue weighted by Crippen LogP contribution is -2.12. The van der Waals surface area contributed by atoms with E-state index in [9.17, 15) is 17.6 Å². The zero-order chi connectivity index (χ0) is 14.8. The van der Waals surface area contributed by atoms with Crippen molar-refractivity contribution in [2.75, 3.05) is 5.32 Å². The summed E-state index contributed by atoms with van der Waals surface area (Å²) >= 11 is 0. The van der Waals surface area contributed by atoms with E-state index in [-0.39, 0.29) is 5.69 Å². The normalized spacial score (nSPS) is 11.1. The molecule has 2 aromatic rings. The number of hydrogen-bond donors (Lipinski definition) is 1. The molecule has 0 bridgehead atoms. The molecule has 0 radical (unpaired) electrons. The number of nitrogens with one attached hydrogen (secondary N) is 1. The summed E-state index contributed by atoms with van der Waals surface area (Å²) in [5, 5.41) is 2.43. The van der Waals surface area contributed by atoms with Gasteiger partial charge < -0.3 is 5.32 Å². The van der Waals surface area contributed by atoms with E-state index in [1.807, 2.05) is 0 Å². The number of carbonyl (C=O) groups excluding carboxylic acids is 1. The lowest BCUT2D eigenvalue weighted by atomic mass is 10.2. The summed E-state index contributed by atoms with van der Waals surface area (Å²) in [5.74, 6) is -1.50. The summed E-state index contributed by atoms with van der Waals surface area (Å²) in [4.78, 5) is 14.9. The van der Waals surface area contributed by atoms with Gasteiger partial charge in [0.2, 0.25) is 0 Å². The number of hydrogen-bond acceptors (Lipinski definition) is 4. The van der Waals surface area contributed by atoms with Crippen LogP contribution in [0.1, 0.15) is 10.4 Å². The molecule has 20 heavy (non-hydrogen) atoms. The molecule has 0 unspecified atom stereocenters. The molecule has 104 valence electrons. The number of halogens is 2. The average Bonchev–Trinajstić information content (AvgIpc) is 2.38. The second-order valence-electron chi connectivity index (χ2n) is 3.77. The Bertz CT molecular complexity index is 751. The summed E-state index contributed by atoms with van der Waals surface area (Å²) < 4.78 is 35.7. The molecule has 1 amide bonds. The summed E-state index contributed by atoms with van der Waals surface area (Å²) in [5.41, 5.74) is 0.461. The van der Waals surface area contributed by atoms with Crippen molar-refractivity contribution in [2.24, 2.45) is 0 Å². The van der Waals surface area contributed by atoms with Gasteiger partial charge in [-0.25, -0.2) is 12.8 Å². The first kappa shape index (κ1) is 14.4. The molecule has 0 aliphatic heterocycles. The van der Waals surface area contributed by atoms with Gasteiger partial charge in [0.05, 0.1) is 0 Å². The van der Waals surface area contributed by atoms with Crippen molar-refractivity contribution in [3.8, 4) is 0 Å². The Labute approximate surface area is 118 Å². The summed E-state index contributed by atoms with van der Waals surface area (Å²) in [6.07, 6.45) is 2.89. The van der Waals surface area contributed by atoms with Gasteiger partial charge in [0.25, 0.3) is 15.0 Å². The number of aromatic nitrogens is 1. The van der Waals surface area contributed by atoms with E-state index in [0.29, 0.717) is 5.56 Å². The first-order valence-corrected chi connectivity index (χ1v) is 7.64. The third-order valence-electron chi connectivity index (χ3n) is 2.39.